The molecule has 0 saturated heterocycles. The molecular formula is C16H14F2N2O. The summed E-state index contributed by atoms with van der Waals surface area (Å²) in [5.41, 5.74) is 3.06. The molecule has 3 rings (SSSR count). The van der Waals surface area contributed by atoms with E-state index in [1.165, 1.54) is 6.07 Å². The summed E-state index contributed by atoms with van der Waals surface area (Å²) in [7, 11) is 0. The third-order valence-electron chi connectivity index (χ3n) is 3.57. The molecule has 5 heteroatoms. The Labute approximate surface area is 121 Å². The molecule has 1 amide bonds. The number of hydrogen-bond donors (Lipinski definition) is 2. The number of carbonyl (C=O) groups is 1. The van der Waals surface area contributed by atoms with Gasteiger partial charge < -0.3 is 10.6 Å². The number of carbonyl (C=O) groups excluding carboxylic acids is 1. The van der Waals surface area contributed by atoms with Crippen LogP contribution in [0.25, 0.3) is 0 Å². The van der Waals surface area contributed by atoms with Gasteiger partial charge in [-0.25, -0.2) is 8.78 Å². The van der Waals surface area contributed by atoms with Crippen molar-refractivity contribution in [1.82, 2.24) is 5.32 Å². The van der Waals surface area contributed by atoms with Crippen molar-refractivity contribution in [2.45, 2.75) is 13.0 Å². The third-order valence-corrected chi connectivity index (χ3v) is 3.57. The van der Waals surface area contributed by atoms with E-state index in [4.69, 9.17) is 0 Å². The minimum Gasteiger partial charge on any atom is -0.322 e. The lowest BCUT2D eigenvalue weighted by Crippen LogP contribution is -2.25. The van der Waals surface area contributed by atoms with Gasteiger partial charge in [0.05, 0.1) is 0 Å². The van der Waals surface area contributed by atoms with Gasteiger partial charge in [0.2, 0.25) is 0 Å². The fourth-order valence-electron chi connectivity index (χ4n) is 2.48. The van der Waals surface area contributed by atoms with E-state index in [9.17, 15) is 13.6 Å². The number of benzene rings is 2. The lowest BCUT2D eigenvalue weighted by Gasteiger charge is -2.20. The van der Waals surface area contributed by atoms with Gasteiger partial charge in [-0.2, -0.15) is 0 Å². The van der Waals surface area contributed by atoms with Crippen LogP contribution >= 0.6 is 0 Å². The summed E-state index contributed by atoms with van der Waals surface area (Å²) in [5, 5.41) is 6.04. The second-order valence-corrected chi connectivity index (χ2v) is 4.95. The monoisotopic (exact) mass is 288 g/mol. The maximum atomic E-state index is 13.2. The normalized spacial score (nSPS) is 13.6. The van der Waals surface area contributed by atoms with Crippen molar-refractivity contribution in [3.05, 3.63) is 64.7 Å². The van der Waals surface area contributed by atoms with E-state index in [2.05, 4.69) is 10.6 Å². The minimum atomic E-state index is -1.03. The van der Waals surface area contributed by atoms with Crippen molar-refractivity contribution in [3.8, 4) is 0 Å². The second kappa shape index (κ2) is 5.61. The van der Waals surface area contributed by atoms with Gasteiger partial charge in [-0.05, 0) is 48.4 Å². The van der Waals surface area contributed by atoms with Crippen molar-refractivity contribution in [2.75, 3.05) is 11.9 Å². The van der Waals surface area contributed by atoms with Crippen LogP contribution in [0.4, 0.5) is 14.5 Å². The largest absolute Gasteiger partial charge is 0.322 e. The first kappa shape index (κ1) is 13.7. The first-order valence-electron chi connectivity index (χ1n) is 6.73. The van der Waals surface area contributed by atoms with E-state index in [1.807, 2.05) is 18.2 Å². The van der Waals surface area contributed by atoms with Gasteiger partial charge in [0.1, 0.15) is 0 Å². The Morgan fingerprint density at radius 3 is 2.81 bits per heavy atom. The molecule has 2 N–H and O–H groups in total. The van der Waals surface area contributed by atoms with E-state index in [1.54, 1.807) is 0 Å². The van der Waals surface area contributed by atoms with Gasteiger partial charge in [-0.3, -0.25) is 4.79 Å². The Hall–Kier alpha value is -2.27. The molecule has 3 nitrogen and oxygen atoms in total. The molecule has 1 heterocycles. The topological polar surface area (TPSA) is 41.1 Å². The highest BCUT2D eigenvalue weighted by Crippen LogP contribution is 2.23. The average Bonchev–Trinajstić information content (AvgIpc) is 2.50. The molecule has 0 bridgehead atoms. The van der Waals surface area contributed by atoms with Gasteiger partial charge >= 0.3 is 0 Å². The SMILES string of the molecule is O=C(Nc1cccc2c1CCNC2)c1ccc(F)c(F)c1. The smallest absolute Gasteiger partial charge is 0.255 e. The predicted octanol–water partition coefficient (Wildman–Crippen LogP) is 2.86. The van der Waals surface area contributed by atoms with Gasteiger partial charge in [0, 0.05) is 17.8 Å². The van der Waals surface area contributed by atoms with Crippen LogP contribution in [0.1, 0.15) is 21.5 Å². The van der Waals surface area contributed by atoms with Crippen LogP contribution in [0.5, 0.6) is 0 Å². The van der Waals surface area contributed by atoms with Crippen LogP contribution in [-0.2, 0) is 13.0 Å². The summed E-state index contributed by atoms with van der Waals surface area (Å²) >= 11 is 0. The van der Waals surface area contributed by atoms with E-state index >= 15 is 0 Å². The Bertz CT molecular complexity index is 701. The Morgan fingerprint density at radius 1 is 1.14 bits per heavy atom. The molecule has 0 aliphatic carbocycles. The fraction of sp³-hybridized carbons (Fsp3) is 0.188. The first-order valence-corrected chi connectivity index (χ1v) is 6.73. The Balaban J connectivity index is 1.86. The molecule has 0 atom stereocenters. The molecule has 0 aromatic heterocycles. The number of anilines is 1. The quantitative estimate of drug-likeness (QED) is 0.892. The van der Waals surface area contributed by atoms with Crippen LogP contribution in [-0.4, -0.2) is 12.5 Å². The third kappa shape index (κ3) is 2.78. The number of nitrogens with one attached hydrogen (secondary N) is 2. The molecule has 0 radical (unpaired) electrons. The minimum absolute atomic E-state index is 0.0976. The standard InChI is InChI=1S/C16H14F2N2O/c17-13-5-4-10(8-14(13)18)16(21)20-15-3-1-2-11-9-19-7-6-12(11)15/h1-5,8,19H,6-7,9H2,(H,20,21). The summed E-state index contributed by atoms with van der Waals surface area (Å²) < 4.78 is 26.1. The maximum Gasteiger partial charge on any atom is 0.255 e. The van der Waals surface area contributed by atoms with E-state index in [0.29, 0.717) is 0 Å². The molecule has 2 aromatic carbocycles. The van der Waals surface area contributed by atoms with E-state index in [0.717, 1.165) is 48.5 Å². The number of halogens is 2. The predicted molar refractivity (Wildman–Crippen MR) is 76.2 cm³/mol. The zero-order valence-electron chi connectivity index (χ0n) is 11.2. The molecule has 0 unspecified atom stereocenters. The number of hydrogen-bond acceptors (Lipinski definition) is 2. The van der Waals surface area contributed by atoms with Gasteiger partial charge in [0.25, 0.3) is 5.91 Å². The lowest BCUT2D eigenvalue weighted by molar-refractivity contribution is 0.102. The Kier molecular flexibility index (Phi) is 3.66. The summed E-state index contributed by atoms with van der Waals surface area (Å²) in [6.45, 7) is 1.62. The van der Waals surface area contributed by atoms with Crippen LogP contribution in [0.3, 0.4) is 0 Å². The number of fused-ring (bicyclic) bond motifs is 1. The number of rotatable bonds is 2. The summed E-state index contributed by atoms with van der Waals surface area (Å²) in [6.07, 6.45) is 0.823. The lowest BCUT2D eigenvalue weighted by atomic mass is 9.99. The van der Waals surface area contributed by atoms with Crippen molar-refractivity contribution in [2.24, 2.45) is 0 Å². The molecule has 108 valence electrons. The molecule has 2 aromatic rings. The second-order valence-electron chi connectivity index (χ2n) is 4.95. The molecule has 21 heavy (non-hydrogen) atoms. The summed E-state index contributed by atoms with van der Waals surface area (Å²) in [4.78, 5) is 12.1. The van der Waals surface area contributed by atoms with Crippen molar-refractivity contribution < 1.29 is 13.6 Å². The van der Waals surface area contributed by atoms with Crippen molar-refractivity contribution >= 4 is 11.6 Å². The fourth-order valence-corrected chi connectivity index (χ4v) is 2.48. The average molecular weight is 288 g/mol. The van der Waals surface area contributed by atoms with Gasteiger partial charge in [-0.15, -0.1) is 0 Å². The van der Waals surface area contributed by atoms with Gasteiger partial charge in [0.15, 0.2) is 11.6 Å². The zero-order valence-corrected chi connectivity index (χ0v) is 11.2. The molecule has 0 spiro atoms. The molecule has 0 saturated carbocycles. The van der Waals surface area contributed by atoms with E-state index in [-0.39, 0.29) is 5.56 Å². The van der Waals surface area contributed by atoms with Crippen LogP contribution < -0.4 is 10.6 Å². The molecule has 1 aliphatic rings. The highest BCUT2D eigenvalue weighted by molar-refractivity contribution is 6.04. The van der Waals surface area contributed by atoms with Crippen LogP contribution in [0, 0.1) is 11.6 Å². The zero-order chi connectivity index (χ0) is 14.8. The highest BCUT2D eigenvalue weighted by Gasteiger charge is 2.15. The Morgan fingerprint density at radius 2 is 2.00 bits per heavy atom. The maximum absolute atomic E-state index is 13.2. The number of amides is 1. The van der Waals surface area contributed by atoms with E-state index < -0.39 is 17.5 Å². The van der Waals surface area contributed by atoms with Gasteiger partial charge in [-0.1, -0.05) is 12.1 Å². The molecule has 0 fully saturated rings. The molecule has 1 aliphatic heterocycles. The van der Waals surface area contributed by atoms with Crippen molar-refractivity contribution in [1.29, 1.82) is 0 Å². The van der Waals surface area contributed by atoms with Crippen molar-refractivity contribution in [3.63, 3.8) is 0 Å². The highest BCUT2D eigenvalue weighted by atomic mass is 19.2. The summed E-state index contributed by atoms with van der Waals surface area (Å²) in [5.74, 6) is -2.43. The first-order chi connectivity index (χ1) is 10.1. The van der Waals surface area contributed by atoms with Crippen LogP contribution in [0.2, 0.25) is 0 Å². The van der Waals surface area contributed by atoms with Crippen LogP contribution in [0.15, 0.2) is 36.4 Å². The summed E-state index contributed by atoms with van der Waals surface area (Å²) in [6, 6.07) is 8.82. The molecular weight excluding hydrogens is 274 g/mol.